The number of hydrogen-bond donors (Lipinski definition) is 1. The first-order valence-electron chi connectivity index (χ1n) is 10.4. The number of anilines is 2. The van der Waals surface area contributed by atoms with Crippen molar-refractivity contribution in [3.8, 4) is 11.3 Å². The van der Waals surface area contributed by atoms with E-state index in [1.54, 1.807) is 11.3 Å². The van der Waals surface area contributed by atoms with E-state index in [-0.39, 0.29) is 11.3 Å². The molecular formula is C23H33N3OS. The Morgan fingerprint density at radius 1 is 1.18 bits per heavy atom. The smallest absolute Gasteiger partial charge is 0.224 e. The molecule has 0 saturated carbocycles. The maximum absolute atomic E-state index is 12.3. The Bertz CT molecular complexity index is 770. The fraction of sp³-hybridized carbons (Fsp3) is 0.565. The van der Waals surface area contributed by atoms with Gasteiger partial charge in [-0.1, -0.05) is 39.8 Å². The fourth-order valence-corrected chi connectivity index (χ4v) is 4.89. The molecule has 1 amide bonds. The van der Waals surface area contributed by atoms with Crippen LogP contribution in [0.3, 0.4) is 0 Å². The molecule has 1 saturated heterocycles. The highest BCUT2D eigenvalue weighted by Crippen LogP contribution is 2.30. The summed E-state index contributed by atoms with van der Waals surface area (Å²) >= 11 is 1.72. The second kappa shape index (κ2) is 9.08. The second-order valence-electron chi connectivity index (χ2n) is 9.26. The topological polar surface area (TPSA) is 45.2 Å². The Hall–Kier alpha value is -1.88. The minimum absolute atomic E-state index is 0.0885. The van der Waals surface area contributed by atoms with Gasteiger partial charge in [-0.25, -0.2) is 4.98 Å². The molecule has 0 spiro atoms. The van der Waals surface area contributed by atoms with Gasteiger partial charge in [-0.05, 0) is 49.1 Å². The average molecular weight is 400 g/mol. The van der Waals surface area contributed by atoms with Crippen LogP contribution in [0.1, 0.15) is 59.8 Å². The molecule has 1 atom stereocenters. The number of carbonyl (C=O) groups excluding carboxylic acids is 1. The summed E-state index contributed by atoms with van der Waals surface area (Å²) in [4.78, 5) is 19.5. The Labute approximate surface area is 173 Å². The number of nitrogens with one attached hydrogen (secondary N) is 1. The summed E-state index contributed by atoms with van der Waals surface area (Å²) in [6, 6.07) is 8.04. The van der Waals surface area contributed by atoms with Gasteiger partial charge in [-0.15, -0.1) is 11.3 Å². The third kappa shape index (κ3) is 6.06. The molecule has 1 N–H and O–H groups in total. The van der Waals surface area contributed by atoms with E-state index < -0.39 is 0 Å². The SMILES string of the molecule is CC(CC(=O)Nc1ccc(-c2csc(N3CCCCC3)n2)cc1)CC(C)(C)C. The lowest BCUT2D eigenvalue weighted by Crippen LogP contribution is -2.29. The predicted molar refractivity (Wildman–Crippen MR) is 120 cm³/mol. The molecule has 2 aromatic rings. The highest BCUT2D eigenvalue weighted by molar-refractivity contribution is 7.14. The van der Waals surface area contributed by atoms with Gasteiger partial charge in [0.2, 0.25) is 5.91 Å². The summed E-state index contributed by atoms with van der Waals surface area (Å²) in [5, 5.41) is 6.28. The lowest BCUT2D eigenvalue weighted by Gasteiger charge is -2.25. The second-order valence-corrected chi connectivity index (χ2v) is 10.1. The fourth-order valence-electron chi connectivity index (χ4n) is 4.00. The van der Waals surface area contributed by atoms with Crippen LogP contribution < -0.4 is 10.2 Å². The van der Waals surface area contributed by atoms with Crippen LogP contribution in [0.5, 0.6) is 0 Å². The molecule has 152 valence electrons. The summed E-state index contributed by atoms with van der Waals surface area (Å²) in [6.07, 6.45) is 5.46. The molecule has 0 aliphatic carbocycles. The Kier molecular flexibility index (Phi) is 6.76. The standard InChI is InChI=1S/C23H33N3OS/c1-17(15-23(2,3)4)14-21(27)24-19-10-8-18(9-11-19)20-16-28-22(25-20)26-12-6-5-7-13-26/h8-11,16-17H,5-7,12-15H2,1-4H3,(H,24,27). The predicted octanol–water partition coefficient (Wildman–Crippen LogP) is 6.20. The van der Waals surface area contributed by atoms with E-state index in [1.165, 1.54) is 19.3 Å². The third-order valence-electron chi connectivity index (χ3n) is 5.08. The van der Waals surface area contributed by atoms with Crippen molar-refractivity contribution < 1.29 is 4.79 Å². The van der Waals surface area contributed by atoms with Crippen molar-refractivity contribution in [2.45, 2.75) is 59.8 Å². The van der Waals surface area contributed by atoms with Crippen molar-refractivity contribution in [1.29, 1.82) is 0 Å². The molecule has 1 aromatic carbocycles. The largest absolute Gasteiger partial charge is 0.348 e. The van der Waals surface area contributed by atoms with Crippen molar-refractivity contribution >= 4 is 28.1 Å². The van der Waals surface area contributed by atoms with Gasteiger partial charge in [0.15, 0.2) is 5.13 Å². The van der Waals surface area contributed by atoms with Crippen LogP contribution in [0.25, 0.3) is 11.3 Å². The van der Waals surface area contributed by atoms with Crippen LogP contribution in [0, 0.1) is 11.3 Å². The van der Waals surface area contributed by atoms with Gasteiger partial charge >= 0.3 is 0 Å². The summed E-state index contributed by atoms with van der Waals surface area (Å²) in [7, 11) is 0. The molecule has 5 heteroatoms. The lowest BCUT2D eigenvalue weighted by molar-refractivity contribution is -0.117. The zero-order valence-electron chi connectivity index (χ0n) is 17.6. The maximum Gasteiger partial charge on any atom is 0.224 e. The highest BCUT2D eigenvalue weighted by atomic mass is 32.1. The third-order valence-corrected chi connectivity index (χ3v) is 5.98. The van der Waals surface area contributed by atoms with E-state index >= 15 is 0 Å². The van der Waals surface area contributed by atoms with Gasteiger partial charge in [0.05, 0.1) is 5.69 Å². The number of carbonyl (C=O) groups is 1. The molecule has 1 unspecified atom stereocenters. The van der Waals surface area contributed by atoms with Crippen LogP contribution >= 0.6 is 11.3 Å². The van der Waals surface area contributed by atoms with Gasteiger partial charge in [-0.2, -0.15) is 0 Å². The average Bonchev–Trinajstić information content (AvgIpc) is 3.11. The monoisotopic (exact) mass is 399 g/mol. The Morgan fingerprint density at radius 3 is 2.50 bits per heavy atom. The summed E-state index contributed by atoms with van der Waals surface area (Å²) in [5.74, 6) is 0.466. The van der Waals surface area contributed by atoms with Crippen LogP contribution in [-0.2, 0) is 4.79 Å². The quantitative estimate of drug-likeness (QED) is 0.629. The van der Waals surface area contributed by atoms with Crippen LogP contribution in [-0.4, -0.2) is 24.0 Å². The summed E-state index contributed by atoms with van der Waals surface area (Å²) in [6.45, 7) is 11.0. The maximum atomic E-state index is 12.3. The molecule has 1 aliphatic rings. The van der Waals surface area contributed by atoms with E-state index in [2.05, 4.69) is 43.3 Å². The number of nitrogens with zero attached hydrogens (tertiary/aromatic N) is 2. The number of benzene rings is 1. The minimum Gasteiger partial charge on any atom is -0.348 e. The zero-order chi connectivity index (χ0) is 20.1. The molecule has 1 aliphatic heterocycles. The zero-order valence-corrected chi connectivity index (χ0v) is 18.4. The first kappa shape index (κ1) is 20.8. The highest BCUT2D eigenvalue weighted by Gasteiger charge is 2.18. The van der Waals surface area contributed by atoms with Gasteiger partial charge in [-0.3, -0.25) is 4.79 Å². The Balaban J connectivity index is 1.56. The molecule has 28 heavy (non-hydrogen) atoms. The Morgan fingerprint density at radius 2 is 1.86 bits per heavy atom. The lowest BCUT2D eigenvalue weighted by atomic mass is 9.84. The summed E-state index contributed by atoms with van der Waals surface area (Å²) < 4.78 is 0. The van der Waals surface area contributed by atoms with E-state index in [9.17, 15) is 4.79 Å². The molecule has 1 aromatic heterocycles. The van der Waals surface area contributed by atoms with Crippen molar-refractivity contribution in [3.63, 3.8) is 0 Å². The number of piperidine rings is 1. The molecule has 4 nitrogen and oxygen atoms in total. The van der Waals surface area contributed by atoms with E-state index in [0.29, 0.717) is 12.3 Å². The number of aromatic nitrogens is 1. The molecular weight excluding hydrogens is 366 g/mol. The molecule has 2 heterocycles. The van der Waals surface area contributed by atoms with Crippen LogP contribution in [0.2, 0.25) is 0 Å². The minimum atomic E-state index is 0.0885. The van der Waals surface area contributed by atoms with E-state index in [4.69, 9.17) is 4.98 Å². The number of thiazole rings is 1. The first-order chi connectivity index (χ1) is 13.3. The van der Waals surface area contributed by atoms with Gasteiger partial charge in [0, 0.05) is 36.1 Å². The van der Waals surface area contributed by atoms with Gasteiger partial charge < -0.3 is 10.2 Å². The van der Waals surface area contributed by atoms with Crippen LogP contribution in [0.15, 0.2) is 29.6 Å². The number of rotatable bonds is 6. The van der Waals surface area contributed by atoms with Crippen molar-refractivity contribution in [2.24, 2.45) is 11.3 Å². The van der Waals surface area contributed by atoms with Crippen molar-refractivity contribution in [3.05, 3.63) is 29.6 Å². The molecule has 0 radical (unpaired) electrons. The van der Waals surface area contributed by atoms with Crippen molar-refractivity contribution in [2.75, 3.05) is 23.3 Å². The van der Waals surface area contributed by atoms with Crippen molar-refractivity contribution in [1.82, 2.24) is 4.98 Å². The normalized spacial score (nSPS) is 16.1. The van der Waals surface area contributed by atoms with Crippen LogP contribution in [0.4, 0.5) is 10.8 Å². The molecule has 3 rings (SSSR count). The molecule has 0 bridgehead atoms. The molecule has 1 fully saturated rings. The first-order valence-corrected chi connectivity index (χ1v) is 11.3. The number of hydrogen-bond acceptors (Lipinski definition) is 4. The van der Waals surface area contributed by atoms with Gasteiger partial charge in [0.1, 0.15) is 0 Å². The van der Waals surface area contributed by atoms with Gasteiger partial charge in [0.25, 0.3) is 0 Å². The van der Waals surface area contributed by atoms with E-state index in [1.807, 2.05) is 24.3 Å². The van der Waals surface area contributed by atoms with E-state index in [0.717, 1.165) is 41.6 Å². The number of amides is 1. The summed E-state index contributed by atoms with van der Waals surface area (Å²) in [5.41, 5.74) is 3.21.